The zero-order chi connectivity index (χ0) is 13.1. The lowest BCUT2D eigenvalue weighted by atomic mass is 10.2. The smallest absolute Gasteiger partial charge is 0.137 e. The van der Waals surface area contributed by atoms with E-state index in [1.807, 2.05) is 6.92 Å². The summed E-state index contributed by atoms with van der Waals surface area (Å²) in [4.78, 5) is 13.2. The molecule has 0 unspecified atom stereocenters. The lowest BCUT2D eigenvalue weighted by molar-refractivity contribution is 0.231. The van der Waals surface area contributed by atoms with Crippen LogP contribution in [0.2, 0.25) is 5.15 Å². The van der Waals surface area contributed by atoms with E-state index in [0.717, 1.165) is 43.5 Å². The van der Waals surface area contributed by atoms with Gasteiger partial charge in [0.1, 0.15) is 17.3 Å². The third kappa shape index (κ3) is 3.12. The number of nitrogens with zero attached hydrogens (tertiary/aromatic N) is 4. The standard InChI is InChI=1S/C13H21ClN4/c1-10(2)8-17-4-6-18(7-5-17)13-11(3)12(14)15-9-16-13/h9-10H,4-8H2,1-3H3. The van der Waals surface area contributed by atoms with Gasteiger partial charge in [-0.1, -0.05) is 25.4 Å². The van der Waals surface area contributed by atoms with Gasteiger partial charge in [-0.3, -0.25) is 4.90 Å². The van der Waals surface area contributed by atoms with E-state index < -0.39 is 0 Å². The number of rotatable bonds is 3. The van der Waals surface area contributed by atoms with Crippen molar-refractivity contribution in [1.82, 2.24) is 14.9 Å². The van der Waals surface area contributed by atoms with Gasteiger partial charge < -0.3 is 4.90 Å². The molecule has 0 N–H and O–H groups in total. The Bertz CT molecular complexity index is 400. The van der Waals surface area contributed by atoms with Crippen LogP contribution in [0.3, 0.4) is 0 Å². The Morgan fingerprint density at radius 2 is 1.89 bits per heavy atom. The number of aromatic nitrogens is 2. The molecule has 0 spiro atoms. The van der Waals surface area contributed by atoms with Crippen LogP contribution in [0.15, 0.2) is 6.33 Å². The second kappa shape index (κ2) is 5.85. The maximum atomic E-state index is 6.04. The number of hydrogen-bond donors (Lipinski definition) is 0. The van der Waals surface area contributed by atoms with Crippen LogP contribution in [0.1, 0.15) is 19.4 Å². The minimum absolute atomic E-state index is 0.560. The highest BCUT2D eigenvalue weighted by Gasteiger charge is 2.20. The summed E-state index contributed by atoms with van der Waals surface area (Å²) in [6.45, 7) is 11.9. The summed E-state index contributed by atoms with van der Waals surface area (Å²) in [5.41, 5.74) is 0.983. The van der Waals surface area contributed by atoms with Gasteiger partial charge in [-0.05, 0) is 12.8 Å². The van der Waals surface area contributed by atoms with Crippen molar-refractivity contribution in [2.75, 3.05) is 37.6 Å². The maximum Gasteiger partial charge on any atom is 0.137 e. The summed E-state index contributed by atoms with van der Waals surface area (Å²) < 4.78 is 0. The minimum atomic E-state index is 0.560. The summed E-state index contributed by atoms with van der Waals surface area (Å²) in [6, 6.07) is 0. The zero-order valence-corrected chi connectivity index (χ0v) is 12.1. The SMILES string of the molecule is Cc1c(Cl)ncnc1N1CCN(CC(C)C)CC1. The first-order valence-electron chi connectivity index (χ1n) is 6.52. The molecule has 2 rings (SSSR count). The van der Waals surface area contributed by atoms with Crippen LogP contribution in [0.4, 0.5) is 5.82 Å². The number of piperazine rings is 1. The van der Waals surface area contributed by atoms with Crippen LogP contribution in [-0.4, -0.2) is 47.6 Å². The molecule has 0 atom stereocenters. The van der Waals surface area contributed by atoms with Crippen molar-refractivity contribution in [2.24, 2.45) is 5.92 Å². The van der Waals surface area contributed by atoms with Crippen LogP contribution in [0.5, 0.6) is 0 Å². The largest absolute Gasteiger partial charge is 0.354 e. The van der Waals surface area contributed by atoms with Gasteiger partial charge >= 0.3 is 0 Å². The van der Waals surface area contributed by atoms with E-state index >= 15 is 0 Å². The van der Waals surface area contributed by atoms with Crippen LogP contribution in [0, 0.1) is 12.8 Å². The van der Waals surface area contributed by atoms with Crippen LogP contribution < -0.4 is 4.90 Å². The molecule has 1 aromatic rings. The Kier molecular flexibility index (Phi) is 4.40. The maximum absolute atomic E-state index is 6.04. The monoisotopic (exact) mass is 268 g/mol. The predicted octanol–water partition coefficient (Wildman–Crippen LogP) is 2.22. The highest BCUT2D eigenvalue weighted by Crippen LogP contribution is 2.23. The second-order valence-corrected chi connectivity index (χ2v) is 5.65. The van der Waals surface area contributed by atoms with E-state index in [4.69, 9.17) is 11.6 Å². The van der Waals surface area contributed by atoms with Gasteiger partial charge in [-0.15, -0.1) is 0 Å². The molecule has 2 heterocycles. The normalized spacial score (nSPS) is 17.5. The summed E-state index contributed by atoms with van der Waals surface area (Å²) >= 11 is 6.04. The van der Waals surface area contributed by atoms with Crippen molar-refractivity contribution in [1.29, 1.82) is 0 Å². The quantitative estimate of drug-likeness (QED) is 0.787. The molecule has 4 nitrogen and oxygen atoms in total. The zero-order valence-electron chi connectivity index (χ0n) is 11.4. The molecule has 100 valence electrons. The van der Waals surface area contributed by atoms with Crippen molar-refractivity contribution in [3.63, 3.8) is 0 Å². The minimum Gasteiger partial charge on any atom is -0.354 e. The van der Waals surface area contributed by atoms with Gasteiger partial charge in [0.25, 0.3) is 0 Å². The molecule has 0 amide bonds. The molecule has 1 saturated heterocycles. The Labute approximate surface area is 114 Å². The number of hydrogen-bond acceptors (Lipinski definition) is 4. The van der Waals surface area contributed by atoms with Gasteiger partial charge in [0.2, 0.25) is 0 Å². The van der Waals surface area contributed by atoms with Gasteiger partial charge in [0, 0.05) is 38.3 Å². The fraction of sp³-hybridized carbons (Fsp3) is 0.692. The van der Waals surface area contributed by atoms with Crippen molar-refractivity contribution in [2.45, 2.75) is 20.8 Å². The van der Waals surface area contributed by atoms with Crippen molar-refractivity contribution in [3.05, 3.63) is 17.0 Å². The van der Waals surface area contributed by atoms with E-state index in [2.05, 4.69) is 33.6 Å². The van der Waals surface area contributed by atoms with Crippen molar-refractivity contribution in [3.8, 4) is 0 Å². The third-order valence-electron chi connectivity index (χ3n) is 3.29. The first-order valence-corrected chi connectivity index (χ1v) is 6.90. The average molecular weight is 269 g/mol. The highest BCUT2D eigenvalue weighted by atomic mass is 35.5. The molecule has 0 radical (unpaired) electrons. The van der Waals surface area contributed by atoms with Crippen LogP contribution in [-0.2, 0) is 0 Å². The molecule has 0 aliphatic carbocycles. The molecule has 0 saturated carbocycles. The predicted molar refractivity (Wildman–Crippen MR) is 75.3 cm³/mol. The molecule has 1 aliphatic heterocycles. The average Bonchev–Trinajstić information content (AvgIpc) is 2.33. The lowest BCUT2D eigenvalue weighted by Gasteiger charge is -2.36. The van der Waals surface area contributed by atoms with E-state index in [-0.39, 0.29) is 0 Å². The molecule has 5 heteroatoms. The van der Waals surface area contributed by atoms with E-state index in [1.165, 1.54) is 6.54 Å². The van der Waals surface area contributed by atoms with E-state index in [0.29, 0.717) is 5.15 Å². The molecule has 1 aliphatic rings. The van der Waals surface area contributed by atoms with Gasteiger partial charge in [-0.25, -0.2) is 9.97 Å². The molecular formula is C13H21ClN4. The third-order valence-corrected chi connectivity index (χ3v) is 3.67. The van der Waals surface area contributed by atoms with Gasteiger partial charge in [-0.2, -0.15) is 0 Å². The summed E-state index contributed by atoms with van der Waals surface area (Å²) in [5.74, 6) is 1.71. The van der Waals surface area contributed by atoms with E-state index in [1.54, 1.807) is 6.33 Å². The topological polar surface area (TPSA) is 32.3 Å². The fourth-order valence-corrected chi connectivity index (χ4v) is 2.53. The Balaban J connectivity index is 1.99. The summed E-state index contributed by atoms with van der Waals surface area (Å²) in [6.07, 6.45) is 1.55. The number of anilines is 1. The van der Waals surface area contributed by atoms with Crippen LogP contribution >= 0.6 is 11.6 Å². The molecule has 1 fully saturated rings. The van der Waals surface area contributed by atoms with Gasteiger partial charge in [0.05, 0.1) is 0 Å². The van der Waals surface area contributed by atoms with Crippen LogP contribution in [0.25, 0.3) is 0 Å². The van der Waals surface area contributed by atoms with Crippen molar-refractivity contribution < 1.29 is 0 Å². The van der Waals surface area contributed by atoms with Gasteiger partial charge in [0.15, 0.2) is 0 Å². The number of halogens is 1. The molecule has 0 aromatic carbocycles. The Morgan fingerprint density at radius 3 is 2.50 bits per heavy atom. The fourth-order valence-electron chi connectivity index (χ4n) is 2.40. The summed E-state index contributed by atoms with van der Waals surface area (Å²) in [7, 11) is 0. The molecule has 0 bridgehead atoms. The first kappa shape index (κ1) is 13.6. The highest BCUT2D eigenvalue weighted by molar-refractivity contribution is 6.30. The lowest BCUT2D eigenvalue weighted by Crippen LogP contribution is -2.47. The summed E-state index contributed by atoms with van der Waals surface area (Å²) in [5, 5.41) is 0.560. The molecule has 18 heavy (non-hydrogen) atoms. The van der Waals surface area contributed by atoms with E-state index in [9.17, 15) is 0 Å². The van der Waals surface area contributed by atoms with Crippen molar-refractivity contribution >= 4 is 17.4 Å². The molecular weight excluding hydrogens is 248 g/mol. The first-order chi connectivity index (χ1) is 8.58. The second-order valence-electron chi connectivity index (χ2n) is 5.29. The Hall–Kier alpha value is -0.870. The Morgan fingerprint density at radius 1 is 1.22 bits per heavy atom. The molecule has 1 aromatic heterocycles.